The molecule has 3 N–H and O–H groups in total. The number of carbonyl (C=O) groups is 1. The molecular weight excluding hydrogens is 454 g/mol. The molecule has 184 valence electrons. The molecule has 2 fully saturated rings. The van der Waals surface area contributed by atoms with Crippen molar-refractivity contribution in [3.63, 3.8) is 0 Å². The maximum absolute atomic E-state index is 11.8. The summed E-state index contributed by atoms with van der Waals surface area (Å²) in [5, 5.41) is 4.38. The van der Waals surface area contributed by atoms with Crippen LogP contribution in [0.3, 0.4) is 0 Å². The van der Waals surface area contributed by atoms with E-state index in [4.69, 9.17) is 15.2 Å². The number of nitrogen functional groups attached to an aromatic ring is 1. The number of hydrogen-bond donors (Lipinski definition) is 2. The van der Waals surface area contributed by atoms with Crippen molar-refractivity contribution < 1.29 is 14.3 Å². The van der Waals surface area contributed by atoms with E-state index in [0.29, 0.717) is 24.5 Å². The third kappa shape index (κ3) is 4.40. The van der Waals surface area contributed by atoms with Gasteiger partial charge in [0.25, 0.3) is 0 Å². The summed E-state index contributed by atoms with van der Waals surface area (Å²) in [7, 11) is 0. The number of hydrogen-bond acceptors (Lipinski definition) is 7. The zero-order valence-electron chi connectivity index (χ0n) is 20.0. The van der Waals surface area contributed by atoms with Gasteiger partial charge in [0.1, 0.15) is 35.3 Å². The molecule has 2 aliphatic rings. The molecule has 6 rings (SSSR count). The number of fused-ring (bicyclic) bond motifs is 1. The number of benzene rings is 2. The maximum Gasteiger partial charge on any atom is 0.323 e. The highest BCUT2D eigenvalue weighted by Gasteiger charge is 2.31. The monoisotopic (exact) mass is 483 g/mol. The van der Waals surface area contributed by atoms with Crippen LogP contribution in [0.15, 0.2) is 67.1 Å². The second-order valence-electron chi connectivity index (χ2n) is 9.53. The van der Waals surface area contributed by atoms with Crippen molar-refractivity contribution in [1.29, 1.82) is 0 Å². The molecular formula is C28H29N5O3. The Morgan fingerprint density at radius 3 is 2.42 bits per heavy atom. The van der Waals surface area contributed by atoms with E-state index in [2.05, 4.69) is 26.0 Å². The minimum absolute atomic E-state index is 0.120. The van der Waals surface area contributed by atoms with Crippen LogP contribution < -0.4 is 15.8 Å². The van der Waals surface area contributed by atoms with Crippen LogP contribution in [0, 0.1) is 0 Å². The molecule has 0 radical (unpaired) electrons. The number of para-hydroxylation sites is 1. The SMILES string of the molecule is Nc1ncnc2c1c(-c1ccc(Oc3ccccc3)cc1)cn2C1CCC(N[C@H]2CCOC2=O)CC1. The molecule has 1 atom stereocenters. The van der Waals surface area contributed by atoms with Crippen molar-refractivity contribution in [2.24, 2.45) is 0 Å². The van der Waals surface area contributed by atoms with E-state index in [0.717, 1.165) is 65.8 Å². The number of nitrogens with one attached hydrogen (secondary N) is 1. The number of rotatable bonds is 6. The van der Waals surface area contributed by atoms with Gasteiger partial charge in [-0.2, -0.15) is 0 Å². The van der Waals surface area contributed by atoms with Crippen LogP contribution in [0.1, 0.15) is 38.1 Å². The molecule has 2 aromatic carbocycles. The standard InChI is InChI=1S/C28H29N5O3/c29-26-25-23(18-6-12-22(13-7-18)36-21-4-2-1-3-5-21)16-33(27(25)31-17-30-26)20-10-8-19(9-11-20)32-24-14-15-35-28(24)34/h1-7,12-13,16-17,19-20,24,32H,8-11,14-15H2,(H2,29,30,31)/t19?,20?,24-/m0/s1. The normalized spacial score (nSPS) is 22.0. The molecule has 0 unspecified atom stereocenters. The summed E-state index contributed by atoms with van der Waals surface area (Å²) in [6.07, 6.45) is 8.44. The van der Waals surface area contributed by atoms with Crippen LogP contribution in [0.25, 0.3) is 22.2 Å². The van der Waals surface area contributed by atoms with Crippen LogP contribution in [-0.4, -0.2) is 39.2 Å². The Morgan fingerprint density at radius 2 is 1.69 bits per heavy atom. The van der Waals surface area contributed by atoms with Gasteiger partial charge in [0, 0.05) is 30.3 Å². The average molecular weight is 484 g/mol. The fourth-order valence-corrected chi connectivity index (χ4v) is 5.39. The molecule has 0 bridgehead atoms. The van der Waals surface area contributed by atoms with Crippen molar-refractivity contribution in [2.45, 2.75) is 50.2 Å². The van der Waals surface area contributed by atoms with Crippen molar-refractivity contribution in [1.82, 2.24) is 19.9 Å². The lowest BCUT2D eigenvalue weighted by molar-refractivity contribution is -0.139. The number of carbonyl (C=O) groups excluding carboxylic acids is 1. The van der Waals surface area contributed by atoms with Crippen LogP contribution >= 0.6 is 0 Å². The Bertz CT molecular complexity index is 1360. The van der Waals surface area contributed by atoms with Gasteiger partial charge < -0.3 is 25.1 Å². The highest BCUT2D eigenvalue weighted by Crippen LogP contribution is 2.38. The second kappa shape index (κ2) is 9.62. The van der Waals surface area contributed by atoms with Gasteiger partial charge in [-0.1, -0.05) is 30.3 Å². The number of esters is 1. The Labute approximate surface area is 209 Å². The zero-order valence-corrected chi connectivity index (χ0v) is 20.0. The molecule has 0 amide bonds. The number of nitrogens with zero attached hydrogens (tertiary/aromatic N) is 3. The summed E-state index contributed by atoms with van der Waals surface area (Å²) in [6, 6.07) is 18.2. The molecule has 1 aliphatic heterocycles. The topological polar surface area (TPSA) is 104 Å². The summed E-state index contributed by atoms with van der Waals surface area (Å²) in [5.41, 5.74) is 9.27. The lowest BCUT2D eigenvalue weighted by atomic mass is 9.90. The Kier molecular flexibility index (Phi) is 6.03. The number of anilines is 1. The quantitative estimate of drug-likeness (QED) is 0.377. The molecule has 0 spiro atoms. The second-order valence-corrected chi connectivity index (χ2v) is 9.53. The van der Waals surface area contributed by atoms with E-state index in [9.17, 15) is 4.79 Å². The van der Waals surface area contributed by atoms with E-state index in [1.165, 1.54) is 6.33 Å². The highest BCUT2D eigenvalue weighted by molar-refractivity contribution is 6.00. The lowest BCUT2D eigenvalue weighted by Crippen LogP contribution is -2.42. The first-order valence-corrected chi connectivity index (χ1v) is 12.5. The third-order valence-corrected chi connectivity index (χ3v) is 7.25. The van der Waals surface area contributed by atoms with Crippen LogP contribution in [0.5, 0.6) is 11.5 Å². The fourth-order valence-electron chi connectivity index (χ4n) is 5.39. The average Bonchev–Trinajstić information content (AvgIpc) is 3.50. The lowest BCUT2D eigenvalue weighted by Gasteiger charge is -2.31. The molecule has 3 heterocycles. The van der Waals surface area contributed by atoms with Crippen molar-refractivity contribution in [3.8, 4) is 22.6 Å². The van der Waals surface area contributed by atoms with Gasteiger partial charge in [-0.15, -0.1) is 0 Å². The summed E-state index contributed by atoms with van der Waals surface area (Å²) in [6.45, 7) is 0.518. The Balaban J connectivity index is 1.23. The number of nitrogens with two attached hydrogens (primary N) is 1. The van der Waals surface area contributed by atoms with Gasteiger partial charge in [-0.25, -0.2) is 9.97 Å². The fraction of sp³-hybridized carbons (Fsp3) is 0.321. The molecule has 36 heavy (non-hydrogen) atoms. The molecule has 1 saturated heterocycles. The maximum atomic E-state index is 11.8. The number of cyclic esters (lactones) is 1. The van der Waals surface area contributed by atoms with Gasteiger partial charge in [0.15, 0.2) is 0 Å². The van der Waals surface area contributed by atoms with E-state index in [1.807, 2.05) is 54.6 Å². The first kappa shape index (κ1) is 22.5. The van der Waals surface area contributed by atoms with Crippen LogP contribution in [0.2, 0.25) is 0 Å². The van der Waals surface area contributed by atoms with Gasteiger partial charge in [0.2, 0.25) is 0 Å². The van der Waals surface area contributed by atoms with Gasteiger partial charge in [-0.3, -0.25) is 4.79 Å². The van der Waals surface area contributed by atoms with Crippen LogP contribution in [0.4, 0.5) is 5.82 Å². The molecule has 4 aromatic rings. The predicted octanol–water partition coefficient (Wildman–Crippen LogP) is 4.86. The minimum Gasteiger partial charge on any atom is -0.464 e. The molecule has 1 aliphatic carbocycles. The zero-order chi connectivity index (χ0) is 24.5. The molecule has 2 aromatic heterocycles. The number of ether oxygens (including phenoxy) is 2. The summed E-state index contributed by atoms with van der Waals surface area (Å²) in [5.74, 6) is 1.93. The van der Waals surface area contributed by atoms with Crippen molar-refractivity contribution >= 4 is 22.8 Å². The van der Waals surface area contributed by atoms with Crippen LogP contribution in [-0.2, 0) is 9.53 Å². The largest absolute Gasteiger partial charge is 0.464 e. The van der Waals surface area contributed by atoms with E-state index < -0.39 is 0 Å². The third-order valence-electron chi connectivity index (χ3n) is 7.25. The van der Waals surface area contributed by atoms with Crippen molar-refractivity contribution in [2.75, 3.05) is 12.3 Å². The molecule has 8 nitrogen and oxygen atoms in total. The predicted molar refractivity (Wildman–Crippen MR) is 138 cm³/mol. The minimum atomic E-state index is -0.160. The van der Waals surface area contributed by atoms with Crippen molar-refractivity contribution in [3.05, 3.63) is 67.1 Å². The van der Waals surface area contributed by atoms with E-state index >= 15 is 0 Å². The molecule has 1 saturated carbocycles. The first-order valence-electron chi connectivity index (χ1n) is 12.5. The van der Waals surface area contributed by atoms with Gasteiger partial charge in [0.05, 0.1) is 12.0 Å². The Morgan fingerprint density at radius 1 is 0.944 bits per heavy atom. The number of aromatic nitrogens is 3. The van der Waals surface area contributed by atoms with E-state index in [1.54, 1.807) is 0 Å². The summed E-state index contributed by atoms with van der Waals surface area (Å²) < 4.78 is 13.3. The smallest absolute Gasteiger partial charge is 0.323 e. The van der Waals surface area contributed by atoms with Gasteiger partial charge in [-0.05, 0) is 55.5 Å². The van der Waals surface area contributed by atoms with E-state index in [-0.39, 0.29) is 12.0 Å². The highest BCUT2D eigenvalue weighted by atomic mass is 16.5. The Hall–Kier alpha value is -3.91. The summed E-state index contributed by atoms with van der Waals surface area (Å²) in [4.78, 5) is 20.7. The molecule has 8 heteroatoms. The first-order chi connectivity index (χ1) is 17.7. The van der Waals surface area contributed by atoms with Gasteiger partial charge >= 0.3 is 5.97 Å². The summed E-state index contributed by atoms with van der Waals surface area (Å²) >= 11 is 0.